The fourth-order valence-electron chi connectivity index (χ4n) is 2.39. The normalized spacial score (nSPS) is 16.5. The molecule has 19 heavy (non-hydrogen) atoms. The van der Waals surface area contributed by atoms with Crippen molar-refractivity contribution in [3.05, 3.63) is 30.1 Å². The molecule has 1 atom stereocenters. The lowest BCUT2D eigenvalue weighted by Gasteiger charge is -2.17. The fourth-order valence-corrected chi connectivity index (χ4v) is 2.39. The SMILES string of the molecule is O=C(NC(CCO)C1CC1)c1ccc2nc[nH]c2c1. The third kappa shape index (κ3) is 2.61. The van der Waals surface area contributed by atoms with Crippen molar-refractivity contribution in [2.45, 2.75) is 25.3 Å². The molecule has 1 aromatic carbocycles. The molecule has 2 aromatic rings. The van der Waals surface area contributed by atoms with Gasteiger partial charge in [0.25, 0.3) is 5.91 Å². The number of imidazole rings is 1. The molecule has 0 radical (unpaired) electrons. The van der Waals surface area contributed by atoms with Gasteiger partial charge in [-0.3, -0.25) is 4.79 Å². The number of carbonyl (C=O) groups excluding carboxylic acids is 1. The Kier molecular flexibility index (Phi) is 3.21. The standard InChI is InChI=1S/C14H17N3O2/c18-6-5-11(9-1-2-9)17-14(19)10-3-4-12-13(7-10)16-8-15-12/h3-4,7-9,11,18H,1-2,5-6H2,(H,15,16)(H,17,19). The second-order valence-electron chi connectivity index (χ2n) is 5.06. The van der Waals surface area contributed by atoms with Crippen molar-refractivity contribution in [2.24, 2.45) is 5.92 Å². The van der Waals surface area contributed by atoms with Crippen molar-refractivity contribution in [3.8, 4) is 0 Å². The van der Waals surface area contributed by atoms with Crippen molar-refractivity contribution >= 4 is 16.9 Å². The van der Waals surface area contributed by atoms with E-state index in [-0.39, 0.29) is 18.6 Å². The van der Waals surface area contributed by atoms with Crippen molar-refractivity contribution in [1.82, 2.24) is 15.3 Å². The highest BCUT2D eigenvalue weighted by molar-refractivity contribution is 5.97. The van der Waals surface area contributed by atoms with Crippen LogP contribution in [0.1, 0.15) is 29.6 Å². The minimum atomic E-state index is -0.0816. The number of hydrogen-bond donors (Lipinski definition) is 3. The van der Waals surface area contributed by atoms with Gasteiger partial charge in [-0.2, -0.15) is 0 Å². The molecule has 5 nitrogen and oxygen atoms in total. The summed E-state index contributed by atoms with van der Waals surface area (Å²) in [7, 11) is 0. The third-order valence-corrected chi connectivity index (χ3v) is 3.63. The summed E-state index contributed by atoms with van der Waals surface area (Å²) in [6, 6.07) is 5.51. The first-order valence-electron chi connectivity index (χ1n) is 6.63. The van der Waals surface area contributed by atoms with Crippen LogP contribution < -0.4 is 5.32 Å². The highest BCUT2D eigenvalue weighted by atomic mass is 16.3. The summed E-state index contributed by atoms with van der Waals surface area (Å²) >= 11 is 0. The number of amides is 1. The number of hydrogen-bond acceptors (Lipinski definition) is 3. The number of nitrogens with zero attached hydrogens (tertiary/aromatic N) is 1. The molecule has 1 saturated carbocycles. The molecular weight excluding hydrogens is 242 g/mol. The van der Waals surface area contributed by atoms with E-state index >= 15 is 0 Å². The quantitative estimate of drug-likeness (QED) is 0.760. The van der Waals surface area contributed by atoms with Crippen molar-refractivity contribution in [1.29, 1.82) is 0 Å². The van der Waals surface area contributed by atoms with Crippen LogP contribution in [-0.2, 0) is 0 Å². The molecule has 0 saturated heterocycles. The number of H-pyrrole nitrogens is 1. The van der Waals surface area contributed by atoms with Crippen LogP contribution in [0.15, 0.2) is 24.5 Å². The number of rotatable bonds is 5. The van der Waals surface area contributed by atoms with E-state index in [0.717, 1.165) is 23.9 Å². The van der Waals surface area contributed by atoms with Crippen LogP contribution in [0.2, 0.25) is 0 Å². The van der Waals surface area contributed by atoms with Crippen LogP contribution >= 0.6 is 0 Å². The molecule has 1 unspecified atom stereocenters. The molecule has 1 fully saturated rings. The van der Waals surface area contributed by atoms with Gasteiger partial charge in [0.1, 0.15) is 0 Å². The number of nitrogens with one attached hydrogen (secondary N) is 2. The molecule has 5 heteroatoms. The maximum absolute atomic E-state index is 12.2. The van der Waals surface area contributed by atoms with Crippen molar-refractivity contribution < 1.29 is 9.90 Å². The molecule has 3 rings (SSSR count). The zero-order chi connectivity index (χ0) is 13.2. The van der Waals surface area contributed by atoms with Crippen LogP contribution in [0.5, 0.6) is 0 Å². The lowest BCUT2D eigenvalue weighted by molar-refractivity contribution is 0.0924. The number of aromatic nitrogens is 2. The Hall–Kier alpha value is -1.88. The number of aliphatic hydroxyl groups excluding tert-OH is 1. The molecular formula is C14H17N3O2. The molecule has 0 spiro atoms. The topological polar surface area (TPSA) is 78.0 Å². The maximum Gasteiger partial charge on any atom is 0.251 e. The zero-order valence-corrected chi connectivity index (χ0v) is 10.6. The average molecular weight is 259 g/mol. The molecule has 0 aliphatic heterocycles. The van der Waals surface area contributed by atoms with Crippen molar-refractivity contribution in [3.63, 3.8) is 0 Å². The Balaban J connectivity index is 1.74. The highest BCUT2D eigenvalue weighted by Gasteiger charge is 2.31. The molecule has 0 bridgehead atoms. The summed E-state index contributed by atoms with van der Waals surface area (Å²) in [6.07, 6.45) is 4.53. The minimum Gasteiger partial charge on any atom is -0.396 e. The Labute approximate surface area is 111 Å². The summed E-state index contributed by atoms with van der Waals surface area (Å²) in [4.78, 5) is 19.3. The predicted octanol–water partition coefficient (Wildman–Crippen LogP) is 1.45. The average Bonchev–Trinajstić information content (AvgIpc) is 3.15. The predicted molar refractivity (Wildman–Crippen MR) is 71.8 cm³/mol. The highest BCUT2D eigenvalue weighted by Crippen LogP contribution is 2.34. The van der Waals surface area contributed by atoms with Crippen LogP contribution in [0.25, 0.3) is 11.0 Å². The Bertz CT molecular complexity index is 589. The molecule has 1 heterocycles. The summed E-state index contributed by atoms with van der Waals surface area (Å²) in [6.45, 7) is 0.112. The largest absolute Gasteiger partial charge is 0.396 e. The van der Waals surface area contributed by atoms with E-state index in [1.54, 1.807) is 18.5 Å². The van der Waals surface area contributed by atoms with Crippen LogP contribution in [-0.4, -0.2) is 33.6 Å². The number of aromatic amines is 1. The van der Waals surface area contributed by atoms with Gasteiger partial charge >= 0.3 is 0 Å². The second kappa shape index (κ2) is 5.01. The summed E-state index contributed by atoms with van der Waals surface area (Å²) in [5.41, 5.74) is 2.34. The van der Waals surface area contributed by atoms with Gasteiger partial charge in [-0.15, -0.1) is 0 Å². The zero-order valence-electron chi connectivity index (χ0n) is 10.6. The van der Waals surface area contributed by atoms with E-state index < -0.39 is 0 Å². The van der Waals surface area contributed by atoms with Gasteiger partial charge in [-0.1, -0.05) is 0 Å². The van der Waals surface area contributed by atoms with Crippen molar-refractivity contribution in [2.75, 3.05) is 6.61 Å². The monoisotopic (exact) mass is 259 g/mol. The number of carbonyl (C=O) groups is 1. The van der Waals surface area contributed by atoms with E-state index in [9.17, 15) is 4.79 Å². The Morgan fingerprint density at radius 2 is 2.37 bits per heavy atom. The number of aliphatic hydroxyl groups is 1. The molecule has 3 N–H and O–H groups in total. The molecule has 1 aromatic heterocycles. The summed E-state index contributed by atoms with van der Waals surface area (Å²) < 4.78 is 0. The maximum atomic E-state index is 12.2. The third-order valence-electron chi connectivity index (χ3n) is 3.63. The molecule has 1 aliphatic carbocycles. The summed E-state index contributed by atoms with van der Waals surface area (Å²) in [5, 5.41) is 12.1. The van der Waals surface area contributed by atoms with E-state index in [0.29, 0.717) is 17.9 Å². The fraction of sp³-hybridized carbons (Fsp3) is 0.429. The van der Waals surface area contributed by atoms with Crippen LogP contribution in [0, 0.1) is 5.92 Å². The summed E-state index contributed by atoms with van der Waals surface area (Å²) in [5.74, 6) is 0.453. The molecule has 1 amide bonds. The van der Waals surface area contributed by atoms with Gasteiger partial charge in [-0.25, -0.2) is 4.98 Å². The van der Waals surface area contributed by atoms with Crippen LogP contribution in [0.3, 0.4) is 0 Å². The van der Waals surface area contributed by atoms with Gasteiger partial charge in [0, 0.05) is 18.2 Å². The van der Waals surface area contributed by atoms with E-state index in [2.05, 4.69) is 15.3 Å². The Morgan fingerprint density at radius 1 is 1.53 bits per heavy atom. The lowest BCUT2D eigenvalue weighted by atomic mass is 10.1. The van der Waals surface area contributed by atoms with E-state index in [1.807, 2.05) is 6.07 Å². The lowest BCUT2D eigenvalue weighted by Crippen LogP contribution is -2.37. The van der Waals surface area contributed by atoms with Gasteiger partial charge in [0.15, 0.2) is 0 Å². The second-order valence-corrected chi connectivity index (χ2v) is 5.06. The minimum absolute atomic E-state index is 0.0816. The number of fused-ring (bicyclic) bond motifs is 1. The first kappa shape index (κ1) is 12.2. The van der Waals surface area contributed by atoms with Gasteiger partial charge < -0.3 is 15.4 Å². The van der Waals surface area contributed by atoms with E-state index in [4.69, 9.17) is 5.11 Å². The van der Waals surface area contributed by atoms with E-state index in [1.165, 1.54) is 0 Å². The van der Waals surface area contributed by atoms with Gasteiger partial charge in [-0.05, 0) is 43.4 Å². The van der Waals surface area contributed by atoms with Gasteiger partial charge in [0.2, 0.25) is 0 Å². The molecule has 100 valence electrons. The van der Waals surface area contributed by atoms with Gasteiger partial charge in [0.05, 0.1) is 17.4 Å². The van der Waals surface area contributed by atoms with Crippen LogP contribution in [0.4, 0.5) is 0 Å². The molecule has 1 aliphatic rings. The first-order valence-corrected chi connectivity index (χ1v) is 6.63. The number of benzene rings is 1. The smallest absolute Gasteiger partial charge is 0.251 e. The Morgan fingerprint density at radius 3 is 3.11 bits per heavy atom. The first-order chi connectivity index (χ1) is 9.28.